The lowest BCUT2D eigenvalue weighted by Crippen LogP contribution is -2.72. The van der Waals surface area contributed by atoms with E-state index in [0.29, 0.717) is 37.5 Å². The van der Waals surface area contributed by atoms with E-state index in [1.54, 1.807) is 17.0 Å². The number of halogens is 2. The first-order chi connectivity index (χ1) is 16.3. The summed E-state index contributed by atoms with van der Waals surface area (Å²) >= 11 is 6.33. The zero-order valence-electron chi connectivity index (χ0n) is 18.9. The lowest BCUT2D eigenvalue weighted by molar-refractivity contribution is -0.147. The van der Waals surface area contributed by atoms with Crippen molar-refractivity contribution in [1.82, 2.24) is 14.8 Å². The van der Waals surface area contributed by atoms with E-state index in [-0.39, 0.29) is 24.1 Å². The van der Waals surface area contributed by atoms with E-state index in [1.807, 2.05) is 18.2 Å². The van der Waals surface area contributed by atoms with Crippen LogP contribution in [0.15, 0.2) is 54.7 Å². The van der Waals surface area contributed by atoms with Crippen LogP contribution in [0.1, 0.15) is 29.7 Å². The minimum absolute atomic E-state index is 0.0265. The second-order valence-electron chi connectivity index (χ2n) is 8.82. The third-order valence-electron chi connectivity index (χ3n) is 6.92. The van der Waals surface area contributed by atoms with E-state index in [4.69, 9.17) is 11.6 Å². The molecule has 1 atom stereocenters. The van der Waals surface area contributed by atoms with Crippen LogP contribution in [0.3, 0.4) is 0 Å². The first-order valence-electron chi connectivity index (χ1n) is 11.2. The van der Waals surface area contributed by atoms with E-state index < -0.39 is 5.54 Å². The van der Waals surface area contributed by atoms with Gasteiger partial charge in [-0.2, -0.15) is 0 Å². The summed E-state index contributed by atoms with van der Waals surface area (Å²) in [6, 6.07) is 12.3. The van der Waals surface area contributed by atoms with Crippen LogP contribution < -0.4 is 5.32 Å². The number of β-lactam (4-membered cyclic amide) rings is 1. The Morgan fingerprint density at radius 1 is 1.26 bits per heavy atom. The number of benzene rings is 2. The highest BCUT2D eigenvalue weighted by Crippen LogP contribution is 2.43. The van der Waals surface area contributed by atoms with Crippen molar-refractivity contribution >= 4 is 34.4 Å². The van der Waals surface area contributed by atoms with Gasteiger partial charge in [-0.1, -0.05) is 36.4 Å². The summed E-state index contributed by atoms with van der Waals surface area (Å²) in [5.74, 6) is -0.587. The average Bonchev–Trinajstić information content (AvgIpc) is 3.14. The standard InChI is InChI=1S/C26H25ClFN3O3/c1-16-26(25(33)30(16)11-3-4-24(32)34-2)13-21-20-10-7-18(27)12-22(20)31(23(21)14-29-26)15-17-5-8-19(28)9-6-17/h5-10,12,29H,1,3-4,11,13-15H2,2H3. The molecular weight excluding hydrogens is 457 g/mol. The largest absolute Gasteiger partial charge is 0.469 e. The summed E-state index contributed by atoms with van der Waals surface area (Å²) in [6.07, 6.45) is 1.27. The van der Waals surface area contributed by atoms with Gasteiger partial charge in [0.25, 0.3) is 5.91 Å². The zero-order chi connectivity index (χ0) is 24.0. The Balaban J connectivity index is 1.44. The van der Waals surface area contributed by atoms with Crippen LogP contribution in [0.25, 0.3) is 10.9 Å². The number of ether oxygens (including phenoxy) is 1. The fraction of sp³-hybridized carbons (Fsp3) is 0.308. The molecule has 0 bridgehead atoms. The summed E-state index contributed by atoms with van der Waals surface area (Å²) in [5.41, 5.74) is 4.01. The fourth-order valence-electron chi connectivity index (χ4n) is 5.09. The number of rotatable bonds is 6. The van der Waals surface area contributed by atoms with Crippen molar-refractivity contribution in [2.24, 2.45) is 0 Å². The molecule has 0 aliphatic carbocycles. The van der Waals surface area contributed by atoms with Crippen LogP contribution in [0.5, 0.6) is 0 Å². The summed E-state index contributed by atoms with van der Waals surface area (Å²) in [4.78, 5) is 26.3. The predicted molar refractivity (Wildman–Crippen MR) is 128 cm³/mol. The van der Waals surface area contributed by atoms with Gasteiger partial charge < -0.3 is 14.2 Å². The van der Waals surface area contributed by atoms with Gasteiger partial charge in [0.15, 0.2) is 0 Å². The number of fused-ring (bicyclic) bond motifs is 3. The highest BCUT2D eigenvalue weighted by Gasteiger charge is 2.57. The van der Waals surface area contributed by atoms with Gasteiger partial charge in [-0.3, -0.25) is 14.9 Å². The number of aromatic nitrogens is 1. The molecule has 0 radical (unpaired) electrons. The number of esters is 1. The monoisotopic (exact) mass is 481 g/mol. The van der Waals surface area contributed by atoms with Gasteiger partial charge in [-0.15, -0.1) is 0 Å². The maximum atomic E-state index is 13.4. The number of hydrogen-bond donors (Lipinski definition) is 1. The summed E-state index contributed by atoms with van der Waals surface area (Å²) in [6.45, 7) is 5.69. The smallest absolute Gasteiger partial charge is 0.305 e. The fourth-order valence-corrected chi connectivity index (χ4v) is 5.26. The lowest BCUT2D eigenvalue weighted by atomic mass is 9.76. The van der Waals surface area contributed by atoms with Gasteiger partial charge in [0, 0.05) is 54.3 Å². The van der Waals surface area contributed by atoms with E-state index in [9.17, 15) is 14.0 Å². The molecule has 34 heavy (non-hydrogen) atoms. The average molecular weight is 482 g/mol. The second-order valence-corrected chi connectivity index (χ2v) is 9.25. The van der Waals surface area contributed by atoms with Crippen LogP contribution in [0.4, 0.5) is 4.39 Å². The van der Waals surface area contributed by atoms with Gasteiger partial charge >= 0.3 is 5.97 Å². The molecule has 8 heteroatoms. The molecule has 2 aromatic carbocycles. The number of amides is 1. The molecule has 1 unspecified atom stereocenters. The quantitative estimate of drug-likeness (QED) is 0.424. The highest BCUT2D eigenvalue weighted by atomic mass is 35.5. The maximum Gasteiger partial charge on any atom is 0.305 e. The number of carbonyl (C=O) groups is 2. The van der Waals surface area contributed by atoms with Crippen LogP contribution >= 0.6 is 11.6 Å². The summed E-state index contributed by atoms with van der Waals surface area (Å²) < 4.78 is 20.3. The Morgan fingerprint density at radius 2 is 2.03 bits per heavy atom. The van der Waals surface area contributed by atoms with Crippen molar-refractivity contribution in [3.8, 4) is 0 Å². The van der Waals surface area contributed by atoms with Crippen LogP contribution in [-0.2, 0) is 33.8 Å². The van der Waals surface area contributed by atoms with Gasteiger partial charge in [-0.25, -0.2) is 4.39 Å². The molecule has 1 aromatic heterocycles. The lowest BCUT2D eigenvalue weighted by Gasteiger charge is -2.53. The van der Waals surface area contributed by atoms with Crippen molar-refractivity contribution in [3.05, 3.63) is 82.4 Å². The maximum absolute atomic E-state index is 13.4. The van der Waals surface area contributed by atoms with Crippen molar-refractivity contribution in [3.63, 3.8) is 0 Å². The molecule has 0 saturated carbocycles. The molecule has 1 N–H and O–H groups in total. The molecule has 6 nitrogen and oxygen atoms in total. The first kappa shape index (κ1) is 22.6. The summed E-state index contributed by atoms with van der Waals surface area (Å²) in [5, 5.41) is 5.12. The molecule has 3 aromatic rings. The van der Waals surface area contributed by atoms with Crippen molar-refractivity contribution in [2.75, 3.05) is 13.7 Å². The molecule has 176 valence electrons. The van der Waals surface area contributed by atoms with E-state index in [0.717, 1.165) is 33.4 Å². The Bertz CT molecular complexity index is 1300. The van der Waals surface area contributed by atoms with E-state index in [2.05, 4.69) is 21.2 Å². The summed E-state index contributed by atoms with van der Waals surface area (Å²) in [7, 11) is 1.36. The van der Waals surface area contributed by atoms with Crippen LogP contribution in [0, 0.1) is 5.82 Å². The number of likely N-dealkylation sites (tertiary alicyclic amines) is 1. The molecule has 5 rings (SSSR count). The Morgan fingerprint density at radius 3 is 2.74 bits per heavy atom. The minimum Gasteiger partial charge on any atom is -0.469 e. The van der Waals surface area contributed by atoms with Crippen molar-refractivity contribution in [2.45, 2.75) is 37.9 Å². The molecule has 1 spiro atoms. The molecule has 3 heterocycles. The first-order valence-corrected chi connectivity index (χ1v) is 11.6. The SMILES string of the molecule is C=C1N(CCCC(=O)OC)C(=O)C12Cc1c(n(Cc3ccc(F)cc3)c3cc(Cl)ccc13)CN2. The molecule has 1 saturated heterocycles. The van der Waals surface area contributed by atoms with Gasteiger partial charge in [0.1, 0.15) is 11.4 Å². The second kappa shape index (κ2) is 8.56. The molecule has 2 aliphatic heterocycles. The van der Waals surface area contributed by atoms with Crippen LogP contribution in [-0.4, -0.2) is 40.5 Å². The number of carbonyl (C=O) groups excluding carboxylic acids is 2. The van der Waals surface area contributed by atoms with E-state index in [1.165, 1.54) is 19.2 Å². The molecule has 1 fully saturated rings. The third kappa shape index (κ3) is 3.60. The van der Waals surface area contributed by atoms with Gasteiger partial charge in [0.2, 0.25) is 0 Å². The highest BCUT2D eigenvalue weighted by molar-refractivity contribution is 6.31. The topological polar surface area (TPSA) is 63.6 Å². The minimum atomic E-state index is -0.840. The van der Waals surface area contributed by atoms with E-state index >= 15 is 0 Å². The Hall–Kier alpha value is -3.16. The van der Waals surface area contributed by atoms with Gasteiger partial charge in [-0.05, 0) is 41.8 Å². The number of hydrogen-bond acceptors (Lipinski definition) is 4. The number of nitrogens with one attached hydrogen (secondary N) is 1. The Kier molecular flexibility index (Phi) is 5.70. The normalized spacial score (nSPS) is 19.4. The van der Waals surface area contributed by atoms with Crippen molar-refractivity contribution < 1.29 is 18.7 Å². The third-order valence-corrected chi connectivity index (χ3v) is 7.16. The van der Waals surface area contributed by atoms with Gasteiger partial charge in [0.05, 0.1) is 12.6 Å². The van der Waals surface area contributed by atoms with Crippen molar-refractivity contribution in [1.29, 1.82) is 0 Å². The number of methoxy groups -OCH3 is 1. The molecule has 2 aliphatic rings. The molecular formula is C26H25ClFN3O3. The zero-order valence-corrected chi connectivity index (χ0v) is 19.6. The number of nitrogens with zero attached hydrogens (tertiary/aromatic N) is 2. The molecule has 1 amide bonds. The van der Waals surface area contributed by atoms with Crippen LogP contribution in [0.2, 0.25) is 5.02 Å². The predicted octanol–water partition coefficient (Wildman–Crippen LogP) is 4.18. The Labute approximate surface area is 201 Å².